The predicted molar refractivity (Wildman–Crippen MR) is 90.3 cm³/mol. The molecule has 1 unspecified atom stereocenters. The number of aromatic nitrogens is 2. The van der Waals surface area contributed by atoms with Crippen LogP contribution in [0.15, 0.2) is 36.8 Å². The van der Waals surface area contributed by atoms with Crippen molar-refractivity contribution >= 4 is 17.4 Å². The number of anilines is 2. The second kappa shape index (κ2) is 7.52. The minimum Gasteiger partial charge on any atom is -0.353 e. The van der Waals surface area contributed by atoms with E-state index >= 15 is 0 Å². The van der Waals surface area contributed by atoms with E-state index in [-0.39, 0.29) is 17.6 Å². The highest BCUT2D eigenvalue weighted by Gasteiger charge is 2.26. The number of carbonyl (C=O) groups excluding carboxylic acids is 1. The molecule has 2 heterocycles. The molecular weight excluding hydrogens is 328 g/mol. The summed E-state index contributed by atoms with van der Waals surface area (Å²) >= 11 is 0. The average molecular weight is 347 g/mol. The van der Waals surface area contributed by atoms with Gasteiger partial charge in [0.15, 0.2) is 11.6 Å². The fourth-order valence-corrected chi connectivity index (χ4v) is 2.78. The Kier molecular flexibility index (Phi) is 5.18. The van der Waals surface area contributed by atoms with E-state index in [1.54, 1.807) is 25.5 Å². The molecule has 6 nitrogen and oxygen atoms in total. The molecule has 25 heavy (non-hydrogen) atoms. The van der Waals surface area contributed by atoms with E-state index in [2.05, 4.69) is 20.2 Å². The molecule has 0 radical (unpaired) electrons. The molecule has 1 atom stereocenters. The maximum absolute atomic E-state index is 13.2. The molecule has 0 aliphatic carbocycles. The lowest BCUT2D eigenvalue weighted by atomic mass is 10.2. The van der Waals surface area contributed by atoms with Gasteiger partial charge in [0.1, 0.15) is 5.82 Å². The highest BCUT2D eigenvalue weighted by Crippen LogP contribution is 2.16. The van der Waals surface area contributed by atoms with Crippen LogP contribution in [0.5, 0.6) is 0 Å². The summed E-state index contributed by atoms with van der Waals surface area (Å²) in [5.41, 5.74) is 0.244. The van der Waals surface area contributed by atoms with Gasteiger partial charge in [-0.2, -0.15) is 0 Å². The molecule has 8 heteroatoms. The SMILES string of the molecule is CC(C(=O)Nc1ccc(F)c(F)c1)N1CCN(c2cnccn2)CC1. The Hall–Kier alpha value is -2.61. The van der Waals surface area contributed by atoms with Gasteiger partial charge in [-0.1, -0.05) is 0 Å². The number of hydrogen-bond acceptors (Lipinski definition) is 5. The van der Waals surface area contributed by atoms with Crippen molar-refractivity contribution in [1.82, 2.24) is 14.9 Å². The normalized spacial score (nSPS) is 16.5. The van der Waals surface area contributed by atoms with Crippen LogP contribution >= 0.6 is 0 Å². The molecule has 1 N–H and O–H groups in total. The number of piperazine rings is 1. The standard InChI is InChI=1S/C17H19F2N5O/c1-12(17(25)22-13-2-3-14(18)15(19)10-13)23-6-8-24(9-7-23)16-11-20-4-5-21-16/h2-5,10-12H,6-9H2,1H3,(H,22,25). The number of hydrogen-bond donors (Lipinski definition) is 1. The smallest absolute Gasteiger partial charge is 0.241 e. The van der Waals surface area contributed by atoms with Crippen LogP contribution in [0.2, 0.25) is 0 Å². The Balaban J connectivity index is 1.55. The lowest BCUT2D eigenvalue weighted by Crippen LogP contribution is -2.53. The van der Waals surface area contributed by atoms with Crippen molar-refractivity contribution in [3.8, 4) is 0 Å². The van der Waals surface area contributed by atoms with Gasteiger partial charge >= 0.3 is 0 Å². The van der Waals surface area contributed by atoms with E-state index in [1.165, 1.54) is 6.07 Å². The van der Waals surface area contributed by atoms with Gasteiger partial charge < -0.3 is 10.2 Å². The van der Waals surface area contributed by atoms with Gasteiger partial charge in [-0.25, -0.2) is 13.8 Å². The van der Waals surface area contributed by atoms with Gasteiger partial charge in [-0.05, 0) is 19.1 Å². The number of halogens is 2. The van der Waals surface area contributed by atoms with Crippen molar-refractivity contribution < 1.29 is 13.6 Å². The molecule has 1 aliphatic rings. The summed E-state index contributed by atoms with van der Waals surface area (Å²) in [4.78, 5) is 24.9. The van der Waals surface area contributed by atoms with E-state index in [0.717, 1.165) is 31.0 Å². The van der Waals surface area contributed by atoms with Gasteiger partial charge in [0.05, 0.1) is 12.2 Å². The minimum absolute atomic E-state index is 0.244. The van der Waals surface area contributed by atoms with E-state index in [1.807, 2.05) is 4.90 Å². The zero-order valence-corrected chi connectivity index (χ0v) is 13.8. The lowest BCUT2D eigenvalue weighted by molar-refractivity contribution is -0.120. The lowest BCUT2D eigenvalue weighted by Gasteiger charge is -2.37. The third-order valence-electron chi connectivity index (χ3n) is 4.30. The Labute approximate surface area is 144 Å². The molecule has 2 aromatic rings. The minimum atomic E-state index is -0.983. The molecule has 1 aromatic carbocycles. The molecule has 0 spiro atoms. The molecule has 3 rings (SSSR count). The number of rotatable bonds is 4. The molecule has 132 valence electrons. The molecule has 1 aromatic heterocycles. The molecule has 0 bridgehead atoms. The highest BCUT2D eigenvalue weighted by molar-refractivity contribution is 5.94. The average Bonchev–Trinajstić information content (AvgIpc) is 2.65. The molecule has 1 aliphatic heterocycles. The van der Waals surface area contributed by atoms with Crippen molar-refractivity contribution in [2.75, 3.05) is 36.4 Å². The van der Waals surface area contributed by atoms with E-state index in [9.17, 15) is 13.6 Å². The summed E-state index contributed by atoms with van der Waals surface area (Å²) in [5, 5.41) is 2.63. The summed E-state index contributed by atoms with van der Waals surface area (Å²) in [5.74, 6) is -1.35. The first kappa shape index (κ1) is 17.2. The van der Waals surface area contributed by atoms with E-state index in [4.69, 9.17) is 0 Å². The Morgan fingerprint density at radius 2 is 1.92 bits per heavy atom. The first-order chi connectivity index (χ1) is 12.0. The van der Waals surface area contributed by atoms with Crippen LogP contribution in [0.25, 0.3) is 0 Å². The first-order valence-corrected chi connectivity index (χ1v) is 8.05. The van der Waals surface area contributed by atoms with Crippen LogP contribution in [0.3, 0.4) is 0 Å². The second-order valence-corrected chi connectivity index (χ2v) is 5.88. The summed E-state index contributed by atoms with van der Waals surface area (Å²) in [7, 11) is 0. The monoisotopic (exact) mass is 347 g/mol. The Morgan fingerprint density at radius 1 is 1.16 bits per heavy atom. The zero-order valence-electron chi connectivity index (χ0n) is 13.8. The van der Waals surface area contributed by atoms with Gasteiger partial charge in [0.2, 0.25) is 5.91 Å². The Morgan fingerprint density at radius 3 is 2.56 bits per heavy atom. The summed E-state index contributed by atoms with van der Waals surface area (Å²) in [6.07, 6.45) is 5.00. The number of benzene rings is 1. The largest absolute Gasteiger partial charge is 0.353 e. The summed E-state index contributed by atoms with van der Waals surface area (Å²) in [6.45, 7) is 4.67. The van der Waals surface area contributed by atoms with Gasteiger partial charge in [-0.3, -0.25) is 14.7 Å². The quantitative estimate of drug-likeness (QED) is 0.915. The molecular formula is C17H19F2N5O. The van der Waals surface area contributed by atoms with Crippen LogP contribution in [0, 0.1) is 11.6 Å². The van der Waals surface area contributed by atoms with Gasteiger partial charge in [-0.15, -0.1) is 0 Å². The van der Waals surface area contributed by atoms with E-state index < -0.39 is 11.6 Å². The predicted octanol–water partition coefficient (Wildman–Crippen LogP) is 1.90. The van der Waals surface area contributed by atoms with E-state index in [0.29, 0.717) is 13.1 Å². The van der Waals surface area contributed by atoms with Crippen molar-refractivity contribution in [2.45, 2.75) is 13.0 Å². The molecule has 1 fully saturated rings. The molecule has 0 saturated carbocycles. The van der Waals surface area contributed by atoms with Gasteiger partial charge in [0, 0.05) is 50.3 Å². The fraction of sp³-hybridized carbons (Fsp3) is 0.353. The molecule has 1 amide bonds. The van der Waals surface area contributed by atoms with Crippen LogP contribution < -0.4 is 10.2 Å². The highest BCUT2D eigenvalue weighted by atomic mass is 19.2. The number of nitrogens with one attached hydrogen (secondary N) is 1. The number of nitrogens with zero attached hydrogens (tertiary/aromatic N) is 4. The van der Waals surface area contributed by atoms with Crippen molar-refractivity contribution in [2.24, 2.45) is 0 Å². The molecule has 1 saturated heterocycles. The summed E-state index contributed by atoms with van der Waals surface area (Å²) < 4.78 is 26.2. The first-order valence-electron chi connectivity index (χ1n) is 8.05. The topological polar surface area (TPSA) is 61.4 Å². The fourth-order valence-electron chi connectivity index (χ4n) is 2.78. The van der Waals surface area contributed by atoms with Crippen molar-refractivity contribution in [1.29, 1.82) is 0 Å². The zero-order chi connectivity index (χ0) is 17.8. The maximum atomic E-state index is 13.2. The third-order valence-corrected chi connectivity index (χ3v) is 4.30. The van der Waals surface area contributed by atoms with Crippen molar-refractivity contribution in [3.05, 3.63) is 48.4 Å². The third kappa shape index (κ3) is 4.08. The van der Waals surface area contributed by atoms with Crippen LogP contribution in [-0.4, -0.2) is 53.0 Å². The maximum Gasteiger partial charge on any atom is 0.241 e. The van der Waals surface area contributed by atoms with Crippen LogP contribution in [-0.2, 0) is 4.79 Å². The Bertz CT molecular complexity index is 735. The van der Waals surface area contributed by atoms with Crippen molar-refractivity contribution in [3.63, 3.8) is 0 Å². The van der Waals surface area contributed by atoms with Gasteiger partial charge in [0.25, 0.3) is 0 Å². The number of carbonyl (C=O) groups is 1. The number of amides is 1. The summed E-state index contributed by atoms with van der Waals surface area (Å²) in [6, 6.07) is 2.94. The van der Waals surface area contributed by atoms with Crippen LogP contribution in [0.4, 0.5) is 20.3 Å². The van der Waals surface area contributed by atoms with Crippen LogP contribution in [0.1, 0.15) is 6.92 Å². The second-order valence-electron chi connectivity index (χ2n) is 5.88.